The molecule has 1 saturated carbocycles. The van der Waals surface area contributed by atoms with Gasteiger partial charge in [-0.25, -0.2) is 0 Å². The fourth-order valence-corrected chi connectivity index (χ4v) is 1.70. The summed E-state index contributed by atoms with van der Waals surface area (Å²) in [5, 5.41) is 2.91. The third-order valence-corrected chi connectivity index (χ3v) is 2.68. The van der Waals surface area contributed by atoms with Crippen LogP contribution in [0.15, 0.2) is 0 Å². The molecule has 0 unspecified atom stereocenters. The first-order chi connectivity index (χ1) is 5.24. The van der Waals surface area contributed by atoms with Crippen LogP contribution in [0, 0.1) is 11.8 Å². The average molecular weight is 267 g/mol. The van der Waals surface area contributed by atoms with Crippen molar-refractivity contribution in [3.8, 4) is 0 Å². The maximum absolute atomic E-state index is 11.2. The standard InChI is InChI=1S/C8H14INO/c1-6-4-7(5-6)8(11)10-3-2-9/h6-7H,2-5H2,1H3,(H,10,11). The highest BCUT2D eigenvalue weighted by Crippen LogP contribution is 2.32. The summed E-state index contributed by atoms with van der Waals surface area (Å²) in [5.41, 5.74) is 0. The lowest BCUT2D eigenvalue weighted by atomic mass is 9.76. The molecule has 3 heteroatoms. The van der Waals surface area contributed by atoms with Gasteiger partial charge >= 0.3 is 0 Å². The van der Waals surface area contributed by atoms with Crippen LogP contribution in [0.2, 0.25) is 0 Å². The van der Waals surface area contributed by atoms with Crippen LogP contribution in [-0.2, 0) is 4.79 Å². The quantitative estimate of drug-likeness (QED) is 0.610. The first-order valence-corrected chi connectivity index (χ1v) is 5.60. The van der Waals surface area contributed by atoms with Crippen molar-refractivity contribution in [2.75, 3.05) is 11.0 Å². The second-order valence-electron chi connectivity index (χ2n) is 3.25. The van der Waals surface area contributed by atoms with Gasteiger partial charge in [0.2, 0.25) is 5.91 Å². The Morgan fingerprint density at radius 1 is 1.64 bits per heavy atom. The molecule has 0 bridgehead atoms. The molecule has 1 amide bonds. The van der Waals surface area contributed by atoms with Gasteiger partial charge in [0.25, 0.3) is 0 Å². The van der Waals surface area contributed by atoms with E-state index < -0.39 is 0 Å². The monoisotopic (exact) mass is 267 g/mol. The highest BCUT2D eigenvalue weighted by atomic mass is 127. The maximum atomic E-state index is 11.2. The van der Waals surface area contributed by atoms with Crippen LogP contribution < -0.4 is 5.32 Å². The molecule has 0 atom stereocenters. The van der Waals surface area contributed by atoms with E-state index in [1.54, 1.807) is 0 Å². The minimum atomic E-state index is 0.264. The van der Waals surface area contributed by atoms with E-state index >= 15 is 0 Å². The Bertz CT molecular complexity index is 143. The highest BCUT2D eigenvalue weighted by molar-refractivity contribution is 14.1. The predicted octanol–water partition coefficient (Wildman–Crippen LogP) is 1.58. The molecule has 0 aliphatic heterocycles. The Hall–Kier alpha value is 0.200. The summed E-state index contributed by atoms with van der Waals surface area (Å²) in [4.78, 5) is 11.2. The second-order valence-corrected chi connectivity index (χ2v) is 4.33. The van der Waals surface area contributed by atoms with E-state index in [1.807, 2.05) is 0 Å². The number of rotatable bonds is 3. The van der Waals surface area contributed by atoms with Crippen molar-refractivity contribution in [3.63, 3.8) is 0 Å². The van der Waals surface area contributed by atoms with Gasteiger partial charge in [0.05, 0.1) is 0 Å². The van der Waals surface area contributed by atoms with Crippen molar-refractivity contribution in [2.24, 2.45) is 11.8 Å². The van der Waals surface area contributed by atoms with E-state index in [4.69, 9.17) is 0 Å². The first kappa shape index (κ1) is 9.29. The summed E-state index contributed by atoms with van der Waals surface area (Å²) in [6, 6.07) is 0. The molecule has 0 spiro atoms. The maximum Gasteiger partial charge on any atom is 0.223 e. The molecular formula is C8H14INO. The number of hydrogen-bond acceptors (Lipinski definition) is 1. The van der Waals surface area contributed by atoms with Crippen molar-refractivity contribution >= 4 is 28.5 Å². The van der Waals surface area contributed by atoms with E-state index in [9.17, 15) is 4.79 Å². The van der Waals surface area contributed by atoms with E-state index in [1.165, 1.54) is 0 Å². The molecular weight excluding hydrogens is 253 g/mol. The molecule has 1 aliphatic rings. The van der Waals surface area contributed by atoms with Crippen LogP contribution in [0.1, 0.15) is 19.8 Å². The Kier molecular flexibility index (Phi) is 3.62. The molecule has 0 saturated heterocycles. The van der Waals surface area contributed by atoms with Gasteiger partial charge in [-0.15, -0.1) is 0 Å². The molecule has 11 heavy (non-hydrogen) atoms. The Morgan fingerprint density at radius 2 is 2.27 bits per heavy atom. The van der Waals surface area contributed by atoms with E-state index in [0.29, 0.717) is 5.92 Å². The molecule has 64 valence electrons. The zero-order valence-electron chi connectivity index (χ0n) is 6.77. The fraction of sp³-hybridized carbons (Fsp3) is 0.875. The van der Waals surface area contributed by atoms with Gasteiger partial charge in [-0.1, -0.05) is 29.5 Å². The topological polar surface area (TPSA) is 29.1 Å². The molecule has 1 N–H and O–H groups in total. The second kappa shape index (κ2) is 4.28. The molecule has 0 heterocycles. The zero-order valence-corrected chi connectivity index (χ0v) is 8.93. The molecule has 0 aromatic rings. The Balaban J connectivity index is 2.11. The van der Waals surface area contributed by atoms with Crippen molar-refractivity contribution in [1.29, 1.82) is 0 Å². The summed E-state index contributed by atoms with van der Waals surface area (Å²) >= 11 is 2.26. The third-order valence-electron chi connectivity index (χ3n) is 2.14. The van der Waals surface area contributed by atoms with E-state index in [2.05, 4.69) is 34.8 Å². The lowest BCUT2D eigenvalue weighted by Crippen LogP contribution is -2.38. The molecule has 1 aliphatic carbocycles. The molecule has 1 rings (SSSR count). The summed E-state index contributed by atoms with van der Waals surface area (Å²) in [6.07, 6.45) is 2.18. The van der Waals surface area contributed by atoms with Crippen molar-refractivity contribution in [1.82, 2.24) is 5.32 Å². The fourth-order valence-electron chi connectivity index (χ4n) is 1.43. The lowest BCUT2D eigenvalue weighted by Gasteiger charge is -2.31. The van der Waals surface area contributed by atoms with E-state index in [-0.39, 0.29) is 5.91 Å². The lowest BCUT2D eigenvalue weighted by molar-refractivity contribution is -0.128. The minimum Gasteiger partial charge on any atom is -0.355 e. The zero-order chi connectivity index (χ0) is 8.27. The van der Waals surface area contributed by atoms with Crippen LogP contribution in [-0.4, -0.2) is 16.9 Å². The number of alkyl halides is 1. The predicted molar refractivity (Wildman–Crippen MR) is 53.8 cm³/mol. The summed E-state index contributed by atoms with van der Waals surface area (Å²) in [6.45, 7) is 3.02. The third kappa shape index (κ3) is 2.61. The number of hydrogen-bond donors (Lipinski definition) is 1. The normalized spacial score (nSPS) is 29.3. The number of nitrogens with one attached hydrogen (secondary N) is 1. The number of amides is 1. The van der Waals surface area contributed by atoms with Crippen LogP contribution in [0.5, 0.6) is 0 Å². The van der Waals surface area contributed by atoms with Gasteiger partial charge in [0.15, 0.2) is 0 Å². The number of carbonyl (C=O) groups excluding carboxylic acids is 1. The number of carbonyl (C=O) groups is 1. The van der Waals surface area contributed by atoms with Gasteiger partial charge < -0.3 is 5.32 Å². The van der Waals surface area contributed by atoms with E-state index in [0.717, 1.165) is 29.7 Å². The van der Waals surface area contributed by atoms with Gasteiger partial charge in [0, 0.05) is 16.9 Å². The van der Waals surface area contributed by atoms with Crippen LogP contribution >= 0.6 is 22.6 Å². The molecule has 0 aromatic carbocycles. The smallest absolute Gasteiger partial charge is 0.223 e. The van der Waals surface area contributed by atoms with Gasteiger partial charge in [-0.3, -0.25) is 4.79 Å². The first-order valence-electron chi connectivity index (χ1n) is 4.07. The van der Waals surface area contributed by atoms with Crippen LogP contribution in [0.4, 0.5) is 0 Å². The molecule has 0 aromatic heterocycles. The van der Waals surface area contributed by atoms with Crippen molar-refractivity contribution in [3.05, 3.63) is 0 Å². The SMILES string of the molecule is CC1CC(C(=O)NCCI)C1. The van der Waals surface area contributed by atoms with Crippen LogP contribution in [0.3, 0.4) is 0 Å². The summed E-state index contributed by atoms with van der Waals surface area (Å²) < 4.78 is 1.01. The van der Waals surface area contributed by atoms with Crippen molar-refractivity contribution < 1.29 is 4.79 Å². The number of halogens is 1. The minimum absolute atomic E-state index is 0.264. The molecule has 0 radical (unpaired) electrons. The highest BCUT2D eigenvalue weighted by Gasteiger charge is 2.30. The van der Waals surface area contributed by atoms with Crippen molar-refractivity contribution in [2.45, 2.75) is 19.8 Å². The average Bonchev–Trinajstić information content (AvgIpc) is 1.94. The van der Waals surface area contributed by atoms with Gasteiger partial charge in [-0.2, -0.15) is 0 Å². The summed E-state index contributed by atoms with van der Waals surface area (Å²) in [5.74, 6) is 1.36. The van der Waals surface area contributed by atoms with Gasteiger partial charge in [0.1, 0.15) is 0 Å². The molecule has 2 nitrogen and oxygen atoms in total. The van der Waals surface area contributed by atoms with Crippen LogP contribution in [0.25, 0.3) is 0 Å². The largest absolute Gasteiger partial charge is 0.355 e. The Morgan fingerprint density at radius 3 is 2.73 bits per heavy atom. The Labute approximate surface area is 81.3 Å². The molecule has 1 fully saturated rings. The summed E-state index contributed by atoms with van der Waals surface area (Å²) in [7, 11) is 0. The van der Waals surface area contributed by atoms with Gasteiger partial charge in [-0.05, 0) is 18.8 Å².